The maximum atomic E-state index is 10.8. The summed E-state index contributed by atoms with van der Waals surface area (Å²) in [7, 11) is 0. The van der Waals surface area contributed by atoms with E-state index in [-0.39, 0.29) is 0 Å². The molecule has 1 saturated carbocycles. The highest BCUT2D eigenvalue weighted by molar-refractivity contribution is 5.65. The fourth-order valence-corrected chi connectivity index (χ4v) is 1.73. The largest absolute Gasteiger partial charge is 0.448 e. The van der Waals surface area contributed by atoms with Crippen LogP contribution in [0.2, 0.25) is 0 Å². The number of ether oxygens (including phenoxy) is 1. The zero-order valence-electron chi connectivity index (χ0n) is 8.75. The number of hydrogen-bond acceptors (Lipinski definition) is 3. The van der Waals surface area contributed by atoms with Crippen LogP contribution in [-0.4, -0.2) is 19.3 Å². The van der Waals surface area contributed by atoms with Crippen molar-refractivity contribution in [3.05, 3.63) is 0 Å². The average Bonchev–Trinajstić information content (AvgIpc) is 2.20. The number of hydrogen-bond donors (Lipinski definition) is 1. The van der Waals surface area contributed by atoms with Gasteiger partial charge in [-0.3, -0.25) is 4.84 Å². The van der Waals surface area contributed by atoms with Gasteiger partial charge in [-0.2, -0.15) is 5.48 Å². The molecule has 1 N–H and O–H groups in total. The number of hydroxylamine groups is 1. The lowest BCUT2D eigenvalue weighted by atomic mass is 9.90. The van der Waals surface area contributed by atoms with E-state index in [2.05, 4.69) is 10.2 Å². The van der Waals surface area contributed by atoms with E-state index < -0.39 is 6.09 Å². The second-order valence-corrected chi connectivity index (χ2v) is 3.64. The summed E-state index contributed by atoms with van der Waals surface area (Å²) in [5.41, 5.74) is 2.27. The molecule has 1 aliphatic rings. The summed E-state index contributed by atoms with van der Waals surface area (Å²) in [6.45, 7) is 2.75. The molecule has 4 nitrogen and oxygen atoms in total. The van der Waals surface area contributed by atoms with Crippen LogP contribution in [0.4, 0.5) is 4.79 Å². The maximum Gasteiger partial charge on any atom is 0.431 e. The van der Waals surface area contributed by atoms with E-state index in [4.69, 9.17) is 4.84 Å². The maximum absolute atomic E-state index is 10.8. The van der Waals surface area contributed by atoms with Gasteiger partial charge in [-0.05, 0) is 25.7 Å². The lowest BCUT2D eigenvalue weighted by molar-refractivity contribution is 0.00581. The van der Waals surface area contributed by atoms with Crippen LogP contribution in [0.3, 0.4) is 0 Å². The van der Waals surface area contributed by atoms with Crippen molar-refractivity contribution in [1.29, 1.82) is 0 Å². The average molecular weight is 201 g/mol. The SMILES string of the molecule is CCOC(=O)NOCC1CCCCC1. The first-order valence-corrected chi connectivity index (χ1v) is 5.37. The van der Waals surface area contributed by atoms with Gasteiger partial charge in [0.2, 0.25) is 0 Å². The van der Waals surface area contributed by atoms with Crippen molar-refractivity contribution in [2.45, 2.75) is 39.0 Å². The van der Waals surface area contributed by atoms with Crippen LogP contribution < -0.4 is 5.48 Å². The lowest BCUT2D eigenvalue weighted by Gasteiger charge is -2.20. The number of carbonyl (C=O) groups excluding carboxylic acids is 1. The number of carbonyl (C=O) groups is 1. The van der Waals surface area contributed by atoms with Gasteiger partial charge in [0.25, 0.3) is 0 Å². The van der Waals surface area contributed by atoms with E-state index in [1.54, 1.807) is 6.92 Å². The third-order valence-corrected chi connectivity index (χ3v) is 2.47. The van der Waals surface area contributed by atoms with Crippen LogP contribution in [0, 0.1) is 5.92 Å². The van der Waals surface area contributed by atoms with Crippen molar-refractivity contribution in [1.82, 2.24) is 5.48 Å². The van der Waals surface area contributed by atoms with Crippen LogP contribution in [0.5, 0.6) is 0 Å². The van der Waals surface area contributed by atoms with Crippen LogP contribution >= 0.6 is 0 Å². The Morgan fingerprint density at radius 2 is 2.07 bits per heavy atom. The van der Waals surface area contributed by atoms with E-state index in [1.807, 2.05) is 0 Å². The molecule has 0 atom stereocenters. The fraction of sp³-hybridized carbons (Fsp3) is 0.900. The summed E-state index contributed by atoms with van der Waals surface area (Å²) in [4.78, 5) is 15.9. The Labute approximate surface area is 84.9 Å². The zero-order valence-corrected chi connectivity index (χ0v) is 8.75. The molecule has 0 aromatic heterocycles. The normalized spacial score (nSPS) is 17.8. The second-order valence-electron chi connectivity index (χ2n) is 3.64. The van der Waals surface area contributed by atoms with Crippen LogP contribution in [0.25, 0.3) is 0 Å². The molecule has 1 aliphatic carbocycles. The topological polar surface area (TPSA) is 47.6 Å². The van der Waals surface area contributed by atoms with Gasteiger partial charge in [0.05, 0.1) is 13.2 Å². The quantitative estimate of drug-likeness (QED) is 0.709. The molecule has 0 spiro atoms. The molecule has 82 valence electrons. The minimum Gasteiger partial charge on any atom is -0.448 e. The third kappa shape index (κ3) is 4.46. The molecule has 0 saturated heterocycles. The predicted octanol–water partition coefficient (Wildman–Crippen LogP) is 2.24. The zero-order chi connectivity index (χ0) is 10.2. The summed E-state index contributed by atoms with van der Waals surface area (Å²) < 4.78 is 4.66. The van der Waals surface area contributed by atoms with Crippen LogP contribution in [-0.2, 0) is 9.57 Å². The van der Waals surface area contributed by atoms with E-state index >= 15 is 0 Å². The number of nitrogens with one attached hydrogen (secondary N) is 1. The summed E-state index contributed by atoms with van der Waals surface area (Å²) in [6, 6.07) is 0. The highest BCUT2D eigenvalue weighted by atomic mass is 16.7. The minimum absolute atomic E-state index is 0.374. The molecular formula is C10H19NO3. The Bertz CT molecular complexity index is 167. The van der Waals surface area contributed by atoms with Crippen molar-refractivity contribution >= 4 is 6.09 Å². The fourth-order valence-electron chi connectivity index (χ4n) is 1.73. The molecule has 0 heterocycles. The number of amides is 1. The molecule has 1 fully saturated rings. The Balaban J connectivity index is 1.99. The van der Waals surface area contributed by atoms with Gasteiger partial charge in [0.15, 0.2) is 0 Å². The smallest absolute Gasteiger partial charge is 0.431 e. The molecule has 0 radical (unpaired) electrons. The molecule has 0 aromatic carbocycles. The molecule has 0 aliphatic heterocycles. The molecule has 0 bridgehead atoms. The van der Waals surface area contributed by atoms with Gasteiger partial charge in [-0.1, -0.05) is 19.3 Å². The Hall–Kier alpha value is -0.770. The van der Waals surface area contributed by atoms with Crippen molar-refractivity contribution in [2.75, 3.05) is 13.2 Å². The standard InChI is InChI=1S/C10H19NO3/c1-2-13-10(12)11-14-8-9-6-4-3-5-7-9/h9H,2-8H2,1H3,(H,11,12). The number of rotatable bonds is 4. The molecular weight excluding hydrogens is 182 g/mol. The second kappa shape index (κ2) is 6.65. The van der Waals surface area contributed by atoms with E-state index in [9.17, 15) is 4.79 Å². The predicted molar refractivity (Wildman–Crippen MR) is 52.7 cm³/mol. The van der Waals surface area contributed by atoms with Crippen LogP contribution in [0.15, 0.2) is 0 Å². The van der Waals surface area contributed by atoms with Crippen molar-refractivity contribution < 1.29 is 14.4 Å². The first-order chi connectivity index (χ1) is 6.83. The van der Waals surface area contributed by atoms with Gasteiger partial charge in [0, 0.05) is 0 Å². The Kier molecular flexibility index (Phi) is 5.37. The van der Waals surface area contributed by atoms with Gasteiger partial charge in [0.1, 0.15) is 0 Å². The van der Waals surface area contributed by atoms with Gasteiger partial charge < -0.3 is 4.74 Å². The lowest BCUT2D eigenvalue weighted by Crippen LogP contribution is -2.27. The van der Waals surface area contributed by atoms with Gasteiger partial charge in [-0.25, -0.2) is 4.79 Å². The van der Waals surface area contributed by atoms with Crippen LogP contribution in [0.1, 0.15) is 39.0 Å². The first-order valence-electron chi connectivity index (χ1n) is 5.37. The van der Waals surface area contributed by atoms with E-state index in [1.165, 1.54) is 32.1 Å². The van der Waals surface area contributed by atoms with Gasteiger partial charge >= 0.3 is 6.09 Å². The minimum atomic E-state index is -0.497. The van der Waals surface area contributed by atoms with E-state index in [0.717, 1.165) is 0 Å². The first kappa shape index (κ1) is 11.3. The van der Waals surface area contributed by atoms with Gasteiger partial charge in [-0.15, -0.1) is 0 Å². The van der Waals surface area contributed by atoms with Crippen molar-refractivity contribution in [3.63, 3.8) is 0 Å². The highest BCUT2D eigenvalue weighted by Gasteiger charge is 2.13. The Morgan fingerprint density at radius 1 is 1.36 bits per heavy atom. The Morgan fingerprint density at radius 3 is 2.71 bits per heavy atom. The third-order valence-electron chi connectivity index (χ3n) is 2.47. The van der Waals surface area contributed by atoms with Crippen molar-refractivity contribution in [3.8, 4) is 0 Å². The summed E-state index contributed by atoms with van der Waals surface area (Å²) in [5, 5.41) is 0. The molecule has 14 heavy (non-hydrogen) atoms. The summed E-state index contributed by atoms with van der Waals surface area (Å²) >= 11 is 0. The highest BCUT2D eigenvalue weighted by Crippen LogP contribution is 2.23. The summed E-state index contributed by atoms with van der Waals surface area (Å²) in [5.74, 6) is 0.602. The summed E-state index contributed by atoms with van der Waals surface area (Å²) in [6.07, 6.45) is 5.83. The van der Waals surface area contributed by atoms with Crippen molar-refractivity contribution in [2.24, 2.45) is 5.92 Å². The monoisotopic (exact) mass is 201 g/mol. The molecule has 0 unspecified atom stereocenters. The van der Waals surface area contributed by atoms with E-state index in [0.29, 0.717) is 19.1 Å². The molecule has 4 heteroatoms. The molecule has 0 aromatic rings. The molecule has 1 rings (SSSR count). The molecule has 1 amide bonds.